The van der Waals surface area contributed by atoms with E-state index in [1.165, 1.54) is 17.5 Å². The maximum atomic E-state index is 12.3. The van der Waals surface area contributed by atoms with Crippen molar-refractivity contribution in [2.24, 2.45) is 5.92 Å². The molecule has 1 saturated heterocycles. The lowest BCUT2D eigenvalue weighted by molar-refractivity contribution is -0.122. The van der Waals surface area contributed by atoms with Crippen LogP contribution in [-0.4, -0.2) is 34.9 Å². The Labute approximate surface area is 141 Å². The zero-order chi connectivity index (χ0) is 16.5. The maximum absolute atomic E-state index is 12.3. The number of hydrogen-bond acceptors (Lipinski definition) is 4. The second kappa shape index (κ2) is 6.67. The Bertz CT molecular complexity index is 662. The fourth-order valence-electron chi connectivity index (χ4n) is 3.94. The van der Waals surface area contributed by atoms with Crippen molar-refractivity contribution in [3.8, 4) is 0 Å². The molecule has 0 radical (unpaired) electrons. The molecule has 130 valence electrons. The number of carbonyl (C=O) groups is 1. The average Bonchev–Trinajstić information content (AvgIpc) is 3.11. The first-order valence-electron chi connectivity index (χ1n) is 9.17. The molecule has 0 bridgehead atoms. The number of aromatic nitrogens is 2. The first-order valence-corrected chi connectivity index (χ1v) is 9.17. The van der Waals surface area contributed by atoms with Crippen molar-refractivity contribution in [1.82, 2.24) is 15.1 Å². The van der Waals surface area contributed by atoms with Gasteiger partial charge in [0.05, 0.1) is 24.9 Å². The summed E-state index contributed by atoms with van der Waals surface area (Å²) in [4.78, 5) is 24.6. The van der Waals surface area contributed by atoms with Crippen molar-refractivity contribution in [2.75, 3.05) is 13.2 Å². The molecule has 0 spiro atoms. The monoisotopic (exact) mass is 331 g/mol. The molecule has 3 fully saturated rings. The quantitative estimate of drug-likeness (QED) is 0.892. The Morgan fingerprint density at radius 2 is 2.00 bits per heavy atom. The van der Waals surface area contributed by atoms with Gasteiger partial charge in [-0.1, -0.05) is 12.8 Å². The lowest BCUT2D eigenvalue weighted by Crippen LogP contribution is -2.44. The smallest absolute Gasteiger partial charge is 0.267 e. The van der Waals surface area contributed by atoms with Crippen LogP contribution in [0.4, 0.5) is 0 Å². The van der Waals surface area contributed by atoms with Gasteiger partial charge in [-0.3, -0.25) is 9.59 Å². The highest BCUT2D eigenvalue weighted by atomic mass is 16.5. The number of nitrogens with one attached hydrogen (secondary N) is 1. The van der Waals surface area contributed by atoms with E-state index < -0.39 is 0 Å². The van der Waals surface area contributed by atoms with Crippen LogP contribution < -0.4 is 10.9 Å². The van der Waals surface area contributed by atoms with Gasteiger partial charge in [0, 0.05) is 18.4 Å². The van der Waals surface area contributed by atoms with Crippen LogP contribution in [-0.2, 0) is 9.53 Å². The van der Waals surface area contributed by atoms with Crippen molar-refractivity contribution in [3.05, 3.63) is 28.2 Å². The summed E-state index contributed by atoms with van der Waals surface area (Å²) in [5, 5.41) is 7.63. The van der Waals surface area contributed by atoms with Crippen LogP contribution in [0.25, 0.3) is 0 Å². The second-order valence-corrected chi connectivity index (χ2v) is 7.45. The van der Waals surface area contributed by atoms with Crippen LogP contribution in [0.15, 0.2) is 16.9 Å². The van der Waals surface area contributed by atoms with Crippen molar-refractivity contribution in [3.63, 3.8) is 0 Å². The highest BCUT2D eigenvalue weighted by molar-refractivity contribution is 5.76. The second-order valence-electron chi connectivity index (χ2n) is 7.45. The molecule has 2 atom stereocenters. The molecule has 3 aliphatic rings. The molecule has 1 aromatic heterocycles. The third-order valence-electron chi connectivity index (χ3n) is 5.50. The van der Waals surface area contributed by atoms with E-state index in [0.717, 1.165) is 31.4 Å². The largest absolute Gasteiger partial charge is 0.377 e. The molecule has 0 aromatic carbocycles. The van der Waals surface area contributed by atoms with Gasteiger partial charge >= 0.3 is 0 Å². The molecule has 1 amide bonds. The van der Waals surface area contributed by atoms with E-state index in [1.807, 2.05) is 6.07 Å². The standard InChI is InChI=1S/C18H25N3O3/c22-17(9-12-3-1-2-4-12)19-15-10-24-11-16(15)21-18(23)8-7-14(20-21)13-5-6-13/h7-8,12-13,15-16H,1-6,9-11H2,(H,19,22). The minimum atomic E-state index is -0.205. The van der Waals surface area contributed by atoms with Gasteiger partial charge in [-0.15, -0.1) is 0 Å². The van der Waals surface area contributed by atoms with Gasteiger partial charge in [-0.2, -0.15) is 5.10 Å². The van der Waals surface area contributed by atoms with Gasteiger partial charge in [0.2, 0.25) is 5.91 Å². The minimum absolute atomic E-state index is 0.0776. The van der Waals surface area contributed by atoms with Crippen molar-refractivity contribution >= 4 is 5.91 Å². The summed E-state index contributed by atoms with van der Waals surface area (Å²) < 4.78 is 7.08. The SMILES string of the molecule is O=C(CC1CCCC1)NC1COCC1n1nc(C2CC2)ccc1=O. The van der Waals surface area contributed by atoms with E-state index in [2.05, 4.69) is 10.4 Å². The molecular weight excluding hydrogens is 306 g/mol. The minimum Gasteiger partial charge on any atom is -0.377 e. The number of ether oxygens (including phenoxy) is 1. The van der Waals surface area contributed by atoms with Crippen LogP contribution in [0.5, 0.6) is 0 Å². The zero-order valence-electron chi connectivity index (χ0n) is 13.9. The first-order chi connectivity index (χ1) is 11.7. The predicted octanol–water partition coefficient (Wildman–Crippen LogP) is 1.76. The summed E-state index contributed by atoms with van der Waals surface area (Å²) >= 11 is 0. The molecule has 6 heteroatoms. The van der Waals surface area contributed by atoms with Gasteiger partial charge in [-0.05, 0) is 37.7 Å². The first kappa shape index (κ1) is 15.8. The molecule has 2 unspecified atom stereocenters. The van der Waals surface area contributed by atoms with Gasteiger partial charge in [0.1, 0.15) is 6.04 Å². The van der Waals surface area contributed by atoms with Crippen LogP contribution in [0.3, 0.4) is 0 Å². The fourth-order valence-corrected chi connectivity index (χ4v) is 3.94. The Morgan fingerprint density at radius 1 is 1.21 bits per heavy atom. The molecule has 1 aromatic rings. The summed E-state index contributed by atoms with van der Waals surface area (Å²) in [6, 6.07) is 3.05. The molecule has 24 heavy (non-hydrogen) atoms. The zero-order valence-corrected chi connectivity index (χ0v) is 13.9. The normalized spacial score (nSPS) is 27.5. The summed E-state index contributed by atoms with van der Waals surface area (Å²) in [6.45, 7) is 0.873. The highest BCUT2D eigenvalue weighted by Crippen LogP contribution is 2.38. The summed E-state index contributed by atoms with van der Waals surface area (Å²) in [5.74, 6) is 1.09. The molecule has 2 heterocycles. The van der Waals surface area contributed by atoms with E-state index in [9.17, 15) is 9.59 Å². The topological polar surface area (TPSA) is 73.2 Å². The Hall–Kier alpha value is -1.69. The lowest BCUT2D eigenvalue weighted by Gasteiger charge is -2.21. The van der Waals surface area contributed by atoms with Gasteiger partial charge in [0.15, 0.2) is 0 Å². The number of rotatable bonds is 5. The fraction of sp³-hybridized carbons (Fsp3) is 0.722. The summed E-state index contributed by atoms with van der Waals surface area (Å²) in [6.07, 6.45) is 7.67. The molecule has 1 N–H and O–H groups in total. The molecule has 4 rings (SSSR count). The molecule has 2 aliphatic carbocycles. The van der Waals surface area contributed by atoms with Crippen LogP contribution in [0.2, 0.25) is 0 Å². The Balaban J connectivity index is 1.45. The number of carbonyl (C=O) groups excluding carboxylic acids is 1. The van der Waals surface area contributed by atoms with Gasteiger partial charge in [0.25, 0.3) is 5.56 Å². The molecule has 1 aliphatic heterocycles. The number of nitrogens with zero attached hydrogens (tertiary/aromatic N) is 2. The highest BCUT2D eigenvalue weighted by Gasteiger charge is 2.34. The van der Waals surface area contributed by atoms with Gasteiger partial charge in [-0.25, -0.2) is 4.68 Å². The Kier molecular flexibility index (Phi) is 4.39. The molecule has 2 saturated carbocycles. The van der Waals surface area contributed by atoms with Crippen molar-refractivity contribution in [2.45, 2.75) is 62.9 Å². The van der Waals surface area contributed by atoms with Crippen molar-refractivity contribution < 1.29 is 9.53 Å². The van der Waals surface area contributed by atoms with Crippen LogP contribution in [0, 0.1) is 5.92 Å². The van der Waals surface area contributed by atoms with E-state index in [1.54, 1.807) is 6.07 Å². The summed E-state index contributed by atoms with van der Waals surface area (Å²) in [7, 11) is 0. The van der Waals surface area contributed by atoms with Gasteiger partial charge < -0.3 is 10.1 Å². The predicted molar refractivity (Wildman–Crippen MR) is 88.8 cm³/mol. The Morgan fingerprint density at radius 3 is 2.75 bits per heavy atom. The van der Waals surface area contributed by atoms with E-state index in [0.29, 0.717) is 31.5 Å². The lowest BCUT2D eigenvalue weighted by atomic mass is 10.0. The number of amides is 1. The maximum Gasteiger partial charge on any atom is 0.267 e. The van der Waals surface area contributed by atoms with Crippen molar-refractivity contribution in [1.29, 1.82) is 0 Å². The third kappa shape index (κ3) is 3.38. The number of hydrogen-bond donors (Lipinski definition) is 1. The van der Waals surface area contributed by atoms with Crippen LogP contribution in [0.1, 0.15) is 62.6 Å². The molecule has 6 nitrogen and oxygen atoms in total. The van der Waals surface area contributed by atoms with E-state index in [-0.39, 0.29) is 23.6 Å². The van der Waals surface area contributed by atoms with E-state index >= 15 is 0 Å². The summed E-state index contributed by atoms with van der Waals surface area (Å²) in [5.41, 5.74) is 0.863. The van der Waals surface area contributed by atoms with E-state index in [4.69, 9.17) is 4.74 Å². The molecular formula is C18H25N3O3. The average molecular weight is 331 g/mol. The third-order valence-corrected chi connectivity index (χ3v) is 5.50. The van der Waals surface area contributed by atoms with Crippen LogP contribution >= 0.6 is 0 Å².